The maximum Gasteiger partial charge on any atom is 0.226 e. The molecule has 1 amide bonds. The van der Waals surface area contributed by atoms with Crippen LogP contribution in [0, 0.1) is 13.8 Å². The number of aryl methyl sites for hydroxylation is 2. The topological polar surface area (TPSA) is 42.0 Å². The van der Waals surface area contributed by atoms with Crippen molar-refractivity contribution < 1.29 is 4.79 Å². The normalized spacial score (nSPS) is 10.7. The number of thioether (sulfide) groups is 1. The van der Waals surface area contributed by atoms with Crippen molar-refractivity contribution in [3.63, 3.8) is 0 Å². The Kier molecular flexibility index (Phi) is 6.46. The van der Waals surface area contributed by atoms with Gasteiger partial charge in [-0.25, -0.2) is 4.98 Å². The van der Waals surface area contributed by atoms with Gasteiger partial charge in [0.2, 0.25) is 5.91 Å². The van der Waals surface area contributed by atoms with E-state index in [1.165, 1.54) is 16.7 Å². The quantitative estimate of drug-likeness (QED) is 0.775. The summed E-state index contributed by atoms with van der Waals surface area (Å²) in [5.41, 5.74) is 4.81. The summed E-state index contributed by atoms with van der Waals surface area (Å²) >= 11 is 3.35. The predicted octanol–water partition coefficient (Wildman–Crippen LogP) is 4.12. The third-order valence-corrected chi connectivity index (χ3v) is 5.42. The lowest BCUT2D eigenvalue weighted by molar-refractivity contribution is -0.120. The van der Waals surface area contributed by atoms with Crippen molar-refractivity contribution in [3.8, 4) is 0 Å². The number of hydrogen-bond donors (Lipinski definition) is 1. The molecular weight excluding hydrogens is 312 g/mol. The van der Waals surface area contributed by atoms with Crippen LogP contribution in [0.1, 0.15) is 35.7 Å². The fourth-order valence-electron chi connectivity index (χ4n) is 2.02. The zero-order valence-corrected chi connectivity index (χ0v) is 14.9. The number of aromatic nitrogens is 1. The molecule has 1 aromatic carbocycles. The van der Waals surface area contributed by atoms with Crippen LogP contribution >= 0.6 is 23.1 Å². The highest BCUT2D eigenvalue weighted by atomic mass is 32.2. The number of hydrogen-bond acceptors (Lipinski definition) is 4. The predicted molar refractivity (Wildman–Crippen MR) is 94.6 cm³/mol. The first-order valence-electron chi connectivity index (χ1n) is 7.48. The van der Waals surface area contributed by atoms with Crippen LogP contribution in [0.25, 0.3) is 0 Å². The Morgan fingerprint density at radius 1 is 1.36 bits per heavy atom. The van der Waals surface area contributed by atoms with Gasteiger partial charge in [0.1, 0.15) is 4.34 Å². The van der Waals surface area contributed by atoms with Gasteiger partial charge in [0, 0.05) is 17.7 Å². The molecule has 118 valence electrons. The zero-order chi connectivity index (χ0) is 15.9. The lowest BCUT2D eigenvalue weighted by Gasteiger charge is -2.05. The smallest absolute Gasteiger partial charge is 0.226 e. The van der Waals surface area contributed by atoms with E-state index in [0.29, 0.717) is 6.42 Å². The Hall–Kier alpha value is -1.33. The van der Waals surface area contributed by atoms with Crippen LogP contribution in [0.2, 0.25) is 0 Å². The van der Waals surface area contributed by atoms with Crippen LogP contribution in [0.15, 0.2) is 27.9 Å². The fraction of sp³-hybridized carbons (Fsp3) is 0.412. The van der Waals surface area contributed by atoms with Gasteiger partial charge in [-0.15, -0.1) is 11.3 Å². The van der Waals surface area contributed by atoms with E-state index in [9.17, 15) is 4.79 Å². The van der Waals surface area contributed by atoms with Crippen molar-refractivity contribution in [1.29, 1.82) is 0 Å². The molecule has 5 heteroatoms. The third kappa shape index (κ3) is 5.14. The molecule has 0 aliphatic rings. The fourth-order valence-corrected chi connectivity index (χ4v) is 3.93. The number of carbonyl (C=O) groups is 1. The van der Waals surface area contributed by atoms with Gasteiger partial charge in [-0.1, -0.05) is 42.4 Å². The standard InChI is InChI=1S/C17H22N2OS2/c1-4-7-18-16(20)9-15-11-22-17(19-15)21-10-14-8-12(2)5-6-13(14)3/h5-6,8,11H,4,7,9-10H2,1-3H3,(H,18,20). The van der Waals surface area contributed by atoms with Gasteiger partial charge in [-0.2, -0.15) is 0 Å². The maximum atomic E-state index is 11.7. The van der Waals surface area contributed by atoms with Crippen molar-refractivity contribution in [3.05, 3.63) is 46.0 Å². The third-order valence-electron chi connectivity index (χ3n) is 3.30. The molecule has 1 N–H and O–H groups in total. The molecular formula is C17H22N2OS2. The van der Waals surface area contributed by atoms with Crippen LogP contribution < -0.4 is 5.32 Å². The van der Waals surface area contributed by atoms with Gasteiger partial charge < -0.3 is 5.32 Å². The molecule has 1 aromatic heterocycles. The Balaban J connectivity index is 1.89. The molecule has 2 rings (SSSR count). The van der Waals surface area contributed by atoms with Crippen molar-refractivity contribution >= 4 is 29.0 Å². The lowest BCUT2D eigenvalue weighted by Crippen LogP contribution is -2.25. The molecule has 0 saturated heterocycles. The zero-order valence-electron chi connectivity index (χ0n) is 13.3. The van der Waals surface area contributed by atoms with Gasteiger partial charge in [0.15, 0.2) is 0 Å². The maximum absolute atomic E-state index is 11.7. The van der Waals surface area contributed by atoms with Gasteiger partial charge in [-0.05, 0) is 31.4 Å². The molecule has 0 radical (unpaired) electrons. The van der Waals surface area contributed by atoms with Crippen molar-refractivity contribution in [2.75, 3.05) is 6.54 Å². The number of thiazole rings is 1. The second-order valence-electron chi connectivity index (χ2n) is 5.35. The van der Waals surface area contributed by atoms with Gasteiger partial charge >= 0.3 is 0 Å². The average Bonchev–Trinajstić information content (AvgIpc) is 2.93. The van der Waals surface area contributed by atoms with Crippen molar-refractivity contribution in [2.45, 2.75) is 43.7 Å². The molecule has 0 unspecified atom stereocenters. The Labute approximate surface area is 140 Å². The van der Waals surface area contributed by atoms with E-state index in [0.717, 1.165) is 28.8 Å². The highest BCUT2D eigenvalue weighted by Gasteiger charge is 2.08. The number of amides is 1. The Morgan fingerprint density at radius 3 is 2.95 bits per heavy atom. The first kappa shape index (κ1) is 17.0. The van der Waals surface area contributed by atoms with E-state index in [4.69, 9.17) is 0 Å². The second kappa shape index (κ2) is 8.34. The number of rotatable bonds is 7. The summed E-state index contributed by atoms with van der Waals surface area (Å²) in [4.78, 5) is 16.2. The number of nitrogens with zero attached hydrogens (tertiary/aromatic N) is 1. The summed E-state index contributed by atoms with van der Waals surface area (Å²) in [7, 11) is 0. The molecule has 3 nitrogen and oxygen atoms in total. The molecule has 1 heterocycles. The molecule has 2 aromatic rings. The van der Waals surface area contributed by atoms with Crippen LogP contribution in [-0.2, 0) is 17.0 Å². The van der Waals surface area contributed by atoms with E-state index in [1.54, 1.807) is 23.1 Å². The van der Waals surface area contributed by atoms with Crippen LogP contribution in [-0.4, -0.2) is 17.4 Å². The van der Waals surface area contributed by atoms with Gasteiger partial charge in [-0.3, -0.25) is 4.79 Å². The highest BCUT2D eigenvalue weighted by molar-refractivity contribution is 8.00. The monoisotopic (exact) mass is 334 g/mol. The van der Waals surface area contributed by atoms with E-state index >= 15 is 0 Å². The molecule has 0 aliphatic heterocycles. The lowest BCUT2D eigenvalue weighted by atomic mass is 10.1. The second-order valence-corrected chi connectivity index (χ2v) is 7.43. The number of carbonyl (C=O) groups excluding carboxylic acids is 1. The van der Waals surface area contributed by atoms with E-state index in [-0.39, 0.29) is 5.91 Å². The van der Waals surface area contributed by atoms with Gasteiger partial charge in [0.05, 0.1) is 12.1 Å². The summed E-state index contributed by atoms with van der Waals surface area (Å²) in [5, 5.41) is 4.86. The van der Waals surface area contributed by atoms with E-state index < -0.39 is 0 Å². The van der Waals surface area contributed by atoms with Crippen LogP contribution in [0.5, 0.6) is 0 Å². The number of nitrogens with one attached hydrogen (secondary N) is 1. The summed E-state index contributed by atoms with van der Waals surface area (Å²) in [6.45, 7) is 7.03. The Morgan fingerprint density at radius 2 is 2.18 bits per heavy atom. The van der Waals surface area contributed by atoms with Crippen LogP contribution in [0.4, 0.5) is 0 Å². The molecule has 0 atom stereocenters. The minimum atomic E-state index is 0.0539. The largest absolute Gasteiger partial charge is 0.356 e. The molecule has 0 fully saturated rings. The summed E-state index contributed by atoms with van der Waals surface area (Å²) < 4.78 is 1.03. The molecule has 0 bridgehead atoms. The van der Waals surface area contributed by atoms with Crippen molar-refractivity contribution in [2.24, 2.45) is 0 Å². The SMILES string of the molecule is CCCNC(=O)Cc1csc(SCc2cc(C)ccc2C)n1. The molecule has 0 aliphatic carbocycles. The van der Waals surface area contributed by atoms with E-state index in [1.807, 2.05) is 12.3 Å². The van der Waals surface area contributed by atoms with E-state index in [2.05, 4.69) is 42.3 Å². The van der Waals surface area contributed by atoms with Gasteiger partial charge in [0.25, 0.3) is 0 Å². The summed E-state index contributed by atoms with van der Waals surface area (Å²) in [6, 6.07) is 6.53. The minimum absolute atomic E-state index is 0.0539. The summed E-state index contributed by atoms with van der Waals surface area (Å²) in [6.07, 6.45) is 1.33. The average molecular weight is 335 g/mol. The summed E-state index contributed by atoms with van der Waals surface area (Å²) in [5.74, 6) is 0.973. The molecule has 0 spiro atoms. The molecule has 22 heavy (non-hydrogen) atoms. The Bertz CT molecular complexity index is 637. The van der Waals surface area contributed by atoms with Crippen LogP contribution in [0.3, 0.4) is 0 Å². The molecule has 0 saturated carbocycles. The van der Waals surface area contributed by atoms with Crippen molar-refractivity contribution in [1.82, 2.24) is 10.3 Å². The number of benzene rings is 1. The first-order chi connectivity index (χ1) is 10.6. The first-order valence-corrected chi connectivity index (χ1v) is 9.35. The highest BCUT2D eigenvalue weighted by Crippen LogP contribution is 2.27. The minimum Gasteiger partial charge on any atom is -0.356 e.